The summed E-state index contributed by atoms with van der Waals surface area (Å²) in [7, 11) is 0. The Morgan fingerprint density at radius 1 is 1.10 bits per heavy atom. The second kappa shape index (κ2) is 20.9. The largest absolute Gasteiger partial charge is 0.466 e. The highest BCUT2D eigenvalue weighted by atomic mass is 19.1. The molecule has 1 aromatic rings. The fraction of sp³-hybridized carbons (Fsp3) is 0.667. The van der Waals surface area contributed by atoms with Gasteiger partial charge in [0.1, 0.15) is 30.1 Å². The minimum Gasteiger partial charge on any atom is -0.466 e. The molecule has 1 fully saturated rings. The highest BCUT2D eigenvalue weighted by Gasteiger charge is 2.44. The molecule has 1 aromatic heterocycles. The number of rotatable bonds is 21. The number of guanidine groups is 1. The van der Waals surface area contributed by atoms with Crippen molar-refractivity contribution in [2.75, 3.05) is 31.6 Å². The lowest BCUT2D eigenvalue weighted by Crippen LogP contribution is -2.48. The second-order valence-electron chi connectivity index (χ2n) is 11.6. The number of aliphatic hydroxyl groups excluding tert-OH is 3. The molecule has 280 valence electrons. The average Bonchev–Trinajstić information content (AvgIpc) is 3.34. The molecular weight excluding hydrogens is 667 g/mol. The zero-order valence-corrected chi connectivity index (χ0v) is 28.0. The van der Waals surface area contributed by atoms with Crippen molar-refractivity contribution < 1.29 is 53.2 Å². The van der Waals surface area contributed by atoms with Crippen LogP contribution in [0, 0.1) is 11.7 Å². The Kier molecular flexibility index (Phi) is 17.4. The van der Waals surface area contributed by atoms with Crippen LogP contribution in [0.4, 0.5) is 10.2 Å². The van der Waals surface area contributed by atoms with Gasteiger partial charge in [-0.15, -0.1) is 0 Å². The number of nitrogens with two attached hydrogens (primary N) is 2. The van der Waals surface area contributed by atoms with Crippen LogP contribution in [0.3, 0.4) is 0 Å². The third kappa shape index (κ3) is 13.4. The molecule has 1 aliphatic heterocycles. The Morgan fingerprint density at radius 3 is 2.44 bits per heavy atom. The van der Waals surface area contributed by atoms with Gasteiger partial charge in [0.25, 0.3) is 0 Å². The average molecular weight is 715 g/mol. The van der Waals surface area contributed by atoms with Crippen LogP contribution in [-0.2, 0) is 33.4 Å². The molecule has 0 spiro atoms. The first-order valence-corrected chi connectivity index (χ1v) is 16.2. The minimum atomic E-state index is -1.69. The number of ketones is 1. The molecule has 0 aromatic carbocycles. The van der Waals surface area contributed by atoms with Crippen LogP contribution in [0.15, 0.2) is 16.0 Å². The summed E-state index contributed by atoms with van der Waals surface area (Å²) in [5.41, 5.74) is 9.46. The molecule has 6 atom stereocenters. The summed E-state index contributed by atoms with van der Waals surface area (Å²) < 4.78 is 25.8. The molecule has 0 bridgehead atoms. The molecule has 50 heavy (non-hydrogen) atoms. The quantitative estimate of drug-likeness (QED) is 0.0288. The third-order valence-corrected chi connectivity index (χ3v) is 7.63. The van der Waals surface area contributed by atoms with Crippen LogP contribution < -0.4 is 33.1 Å². The van der Waals surface area contributed by atoms with Crippen molar-refractivity contribution in [2.24, 2.45) is 22.4 Å². The molecule has 2 heterocycles. The van der Waals surface area contributed by atoms with Crippen LogP contribution >= 0.6 is 0 Å². The first kappa shape index (κ1) is 41.6. The number of aliphatic imine (C=N–C) groups is 1. The summed E-state index contributed by atoms with van der Waals surface area (Å²) in [6.45, 7) is 2.08. The second-order valence-corrected chi connectivity index (χ2v) is 11.6. The van der Waals surface area contributed by atoms with Gasteiger partial charge in [-0.25, -0.2) is 9.18 Å². The van der Waals surface area contributed by atoms with E-state index in [9.17, 15) is 44.1 Å². The van der Waals surface area contributed by atoms with Crippen LogP contribution in [0.1, 0.15) is 71.4 Å². The molecule has 10 N–H and O–H groups in total. The number of nitrogens with zero attached hydrogens (tertiary/aromatic N) is 3. The molecule has 2 rings (SSSR count). The smallest absolute Gasteiger partial charge is 0.351 e. The fourth-order valence-corrected chi connectivity index (χ4v) is 5.05. The Morgan fingerprint density at radius 2 is 1.82 bits per heavy atom. The molecule has 3 unspecified atom stereocenters. The molecule has 0 aliphatic carbocycles. The summed E-state index contributed by atoms with van der Waals surface area (Å²) in [5.74, 6) is -6.05. The van der Waals surface area contributed by atoms with Gasteiger partial charge in [-0.1, -0.05) is 12.8 Å². The van der Waals surface area contributed by atoms with E-state index in [-0.39, 0.29) is 44.2 Å². The molecule has 1 aliphatic rings. The number of amides is 3. The SMILES string of the molecule is CCOC(=O)CC(CCCN=C(N)N)C(=O)NCC(=O)NC(CCCCCC(C)=O)C(=O)Nc1nc(=O)n([C@@H]2O[C@H](CO)C(O)[C@@H]2O)cc1F. The lowest BCUT2D eigenvalue weighted by atomic mass is 9.98. The number of unbranched alkanes of at least 4 members (excludes halogenated alkanes) is 2. The van der Waals surface area contributed by atoms with Crippen molar-refractivity contribution >= 4 is 41.3 Å². The van der Waals surface area contributed by atoms with E-state index in [1.165, 1.54) is 6.92 Å². The highest BCUT2D eigenvalue weighted by molar-refractivity contribution is 5.97. The standard InChI is InChI=1S/C30H47FN8O11/c1-3-49-22(43)12-17(9-7-11-34-29(32)33)26(46)35-13-21(42)36-19(10-6-4-5-8-16(2)41)27(47)37-25-18(31)14-39(30(48)38-25)28-24(45)23(44)20(15-40)50-28/h14,17,19-20,23-24,28,40,44-45H,3-13,15H2,1-2H3,(H,35,46)(H,36,42)(H4,32,33,34)(H,37,38,47,48)/t17?,19?,20-,23?,24+,28-/m1/s1. The number of anilines is 1. The van der Waals surface area contributed by atoms with Crippen LogP contribution in [0.25, 0.3) is 0 Å². The van der Waals surface area contributed by atoms with E-state index in [4.69, 9.17) is 20.9 Å². The number of ether oxygens (including phenoxy) is 2. The molecule has 1 saturated heterocycles. The number of aromatic nitrogens is 2. The maximum absolute atomic E-state index is 15.1. The maximum atomic E-state index is 15.1. The number of Topliss-reactive ketones (excluding diaryl/α,β-unsaturated/α-hetero) is 1. The number of carbonyl (C=O) groups excluding carboxylic acids is 5. The summed E-state index contributed by atoms with van der Waals surface area (Å²) >= 11 is 0. The van der Waals surface area contributed by atoms with Crippen molar-refractivity contribution in [2.45, 2.75) is 95.8 Å². The lowest BCUT2D eigenvalue weighted by molar-refractivity contribution is -0.146. The summed E-state index contributed by atoms with van der Waals surface area (Å²) in [5, 5.41) is 36.5. The van der Waals surface area contributed by atoms with Gasteiger partial charge in [0, 0.05) is 18.9 Å². The van der Waals surface area contributed by atoms with Crippen molar-refractivity contribution in [1.29, 1.82) is 0 Å². The van der Waals surface area contributed by atoms with Gasteiger partial charge in [-0.2, -0.15) is 4.98 Å². The van der Waals surface area contributed by atoms with E-state index in [2.05, 4.69) is 25.9 Å². The monoisotopic (exact) mass is 714 g/mol. The zero-order chi connectivity index (χ0) is 37.4. The van der Waals surface area contributed by atoms with Crippen molar-refractivity contribution in [3.8, 4) is 0 Å². The first-order chi connectivity index (χ1) is 23.7. The van der Waals surface area contributed by atoms with Crippen molar-refractivity contribution in [1.82, 2.24) is 20.2 Å². The number of hydrogen-bond donors (Lipinski definition) is 8. The van der Waals surface area contributed by atoms with Crippen LogP contribution in [-0.4, -0.2) is 111 Å². The number of halogens is 1. The highest BCUT2D eigenvalue weighted by Crippen LogP contribution is 2.28. The maximum Gasteiger partial charge on any atom is 0.351 e. The summed E-state index contributed by atoms with van der Waals surface area (Å²) in [4.78, 5) is 82.4. The van der Waals surface area contributed by atoms with Crippen LogP contribution in [0.5, 0.6) is 0 Å². The number of hydrogen-bond acceptors (Lipinski definition) is 13. The Labute approximate surface area is 287 Å². The zero-order valence-electron chi connectivity index (χ0n) is 28.0. The van der Waals surface area contributed by atoms with E-state index in [1.54, 1.807) is 6.92 Å². The van der Waals surface area contributed by atoms with Gasteiger partial charge < -0.3 is 57.0 Å². The molecule has 0 radical (unpaired) electrons. The molecule has 3 amide bonds. The van der Waals surface area contributed by atoms with Gasteiger partial charge in [0.05, 0.1) is 32.4 Å². The number of esters is 1. The Balaban J connectivity index is 2.13. The van der Waals surface area contributed by atoms with E-state index in [0.717, 1.165) is 0 Å². The molecule has 19 nitrogen and oxygen atoms in total. The molecular formula is C30H47FN8O11. The van der Waals surface area contributed by atoms with E-state index >= 15 is 4.39 Å². The normalized spacial score (nSPS) is 19.6. The predicted octanol–water partition coefficient (Wildman–Crippen LogP) is -2.30. The molecule has 0 saturated carbocycles. The van der Waals surface area contributed by atoms with Crippen LogP contribution in [0.2, 0.25) is 0 Å². The third-order valence-electron chi connectivity index (χ3n) is 7.63. The number of carbonyl (C=O) groups is 5. The molecule has 20 heteroatoms. The predicted molar refractivity (Wildman–Crippen MR) is 173 cm³/mol. The topological polar surface area (TPSA) is 300 Å². The minimum absolute atomic E-state index is 0.0194. The Hall–Kier alpha value is -4.53. The van der Waals surface area contributed by atoms with E-state index in [0.29, 0.717) is 42.9 Å². The van der Waals surface area contributed by atoms with Gasteiger partial charge in [-0.05, 0) is 39.5 Å². The van der Waals surface area contributed by atoms with Gasteiger partial charge in [-0.3, -0.25) is 28.7 Å². The fourth-order valence-electron chi connectivity index (χ4n) is 5.05. The lowest BCUT2D eigenvalue weighted by Gasteiger charge is -2.20. The number of aliphatic hydroxyl groups is 3. The summed E-state index contributed by atoms with van der Waals surface area (Å²) in [6.07, 6.45) is -3.46. The van der Waals surface area contributed by atoms with E-state index in [1.807, 2.05) is 0 Å². The van der Waals surface area contributed by atoms with Gasteiger partial charge in [0.2, 0.25) is 17.7 Å². The van der Waals surface area contributed by atoms with Gasteiger partial charge >= 0.3 is 11.7 Å². The van der Waals surface area contributed by atoms with Crippen molar-refractivity contribution in [3.05, 3.63) is 22.5 Å². The summed E-state index contributed by atoms with van der Waals surface area (Å²) in [6, 6.07) is -1.30. The van der Waals surface area contributed by atoms with E-state index < -0.39 is 90.7 Å². The van der Waals surface area contributed by atoms with Crippen molar-refractivity contribution in [3.63, 3.8) is 0 Å². The number of nitrogens with one attached hydrogen (secondary N) is 3. The Bertz CT molecular complexity index is 1420. The first-order valence-electron chi connectivity index (χ1n) is 16.2. The van der Waals surface area contributed by atoms with Gasteiger partial charge in [0.15, 0.2) is 23.8 Å².